The number of hydrogen-bond donors (Lipinski definition) is 1. The molecule has 0 aliphatic heterocycles. The van der Waals surface area contributed by atoms with Crippen LogP contribution >= 0.6 is 11.8 Å². The number of alkyl halides is 3. The highest BCUT2D eigenvalue weighted by Gasteiger charge is 2.28. The van der Waals surface area contributed by atoms with Gasteiger partial charge in [0.05, 0.1) is 6.10 Å². The lowest BCUT2D eigenvalue weighted by atomic mass is 10.0. The topological polar surface area (TPSA) is 20.2 Å². The molecule has 0 spiro atoms. The molecule has 1 unspecified atom stereocenters. The van der Waals surface area contributed by atoms with Crippen LogP contribution < -0.4 is 0 Å². The first-order valence-corrected chi connectivity index (χ1v) is 6.88. The molecule has 0 aromatic heterocycles. The van der Waals surface area contributed by atoms with Crippen molar-refractivity contribution in [1.82, 2.24) is 0 Å². The summed E-state index contributed by atoms with van der Waals surface area (Å²) in [6, 6.07) is 0. The zero-order valence-corrected chi connectivity index (χ0v) is 10.1. The normalized spacial score (nSPS) is 21.0. The van der Waals surface area contributed by atoms with Crippen LogP contribution in [-0.4, -0.2) is 28.4 Å². The smallest absolute Gasteiger partial charge is 0.389 e. The molecular weight excluding hydrogens is 237 g/mol. The van der Waals surface area contributed by atoms with E-state index in [1.807, 2.05) is 0 Å². The van der Waals surface area contributed by atoms with Crippen molar-refractivity contribution in [3.8, 4) is 0 Å². The Hall–Kier alpha value is 0.100. The lowest BCUT2D eigenvalue weighted by Crippen LogP contribution is -2.18. The molecule has 5 heteroatoms. The summed E-state index contributed by atoms with van der Waals surface area (Å²) in [5, 5.41) is 9.97. The standard InChI is InChI=1S/C11H19F3OS/c12-11(13,14)7-6-9(15)8-16-10-4-2-1-3-5-10/h9-10,15H,1-8H2. The molecule has 1 nitrogen and oxygen atoms in total. The van der Waals surface area contributed by atoms with Gasteiger partial charge in [-0.2, -0.15) is 24.9 Å². The molecular formula is C11H19F3OS. The molecule has 0 amide bonds. The van der Waals surface area contributed by atoms with Gasteiger partial charge in [-0.25, -0.2) is 0 Å². The number of hydrogen-bond acceptors (Lipinski definition) is 2. The van der Waals surface area contributed by atoms with Crippen LogP contribution in [0.2, 0.25) is 0 Å². The van der Waals surface area contributed by atoms with E-state index < -0.39 is 18.7 Å². The van der Waals surface area contributed by atoms with Crippen LogP contribution in [0, 0.1) is 0 Å². The number of rotatable bonds is 5. The quantitative estimate of drug-likeness (QED) is 0.808. The van der Waals surface area contributed by atoms with Crippen molar-refractivity contribution in [2.45, 2.75) is 62.5 Å². The SMILES string of the molecule is OC(CCC(F)(F)F)CSC1CCCCC1. The monoisotopic (exact) mass is 256 g/mol. The lowest BCUT2D eigenvalue weighted by Gasteiger charge is -2.22. The van der Waals surface area contributed by atoms with E-state index in [2.05, 4.69) is 0 Å². The van der Waals surface area contributed by atoms with Gasteiger partial charge in [0, 0.05) is 17.4 Å². The summed E-state index contributed by atoms with van der Waals surface area (Å²) >= 11 is 1.64. The third-order valence-corrected chi connectivity index (χ3v) is 4.36. The first kappa shape index (κ1) is 14.2. The van der Waals surface area contributed by atoms with Crippen LogP contribution in [-0.2, 0) is 0 Å². The first-order chi connectivity index (χ1) is 7.47. The maximum atomic E-state index is 11.9. The summed E-state index contributed by atoms with van der Waals surface area (Å²) in [5.74, 6) is 0.445. The zero-order chi connectivity index (χ0) is 12.0. The Kier molecular flexibility index (Phi) is 5.97. The van der Waals surface area contributed by atoms with E-state index >= 15 is 0 Å². The molecule has 0 saturated heterocycles. The molecule has 0 bridgehead atoms. The summed E-state index contributed by atoms with van der Waals surface area (Å²) < 4.78 is 35.7. The van der Waals surface area contributed by atoms with Crippen LogP contribution in [0.3, 0.4) is 0 Å². The molecule has 1 aliphatic rings. The fourth-order valence-electron chi connectivity index (χ4n) is 1.89. The highest BCUT2D eigenvalue weighted by molar-refractivity contribution is 7.99. The third-order valence-electron chi connectivity index (χ3n) is 2.84. The third kappa shape index (κ3) is 6.63. The average molecular weight is 256 g/mol. The van der Waals surface area contributed by atoms with E-state index in [1.54, 1.807) is 11.8 Å². The van der Waals surface area contributed by atoms with Gasteiger partial charge in [-0.3, -0.25) is 0 Å². The van der Waals surface area contributed by atoms with E-state index in [-0.39, 0.29) is 6.42 Å². The summed E-state index contributed by atoms with van der Waals surface area (Å²) in [6.45, 7) is 0. The minimum atomic E-state index is -4.14. The molecule has 1 saturated carbocycles. The van der Waals surface area contributed by atoms with Gasteiger partial charge in [-0.05, 0) is 19.3 Å². The Morgan fingerprint density at radius 2 is 1.81 bits per heavy atom. The summed E-state index contributed by atoms with van der Waals surface area (Å²) in [7, 11) is 0. The van der Waals surface area contributed by atoms with Gasteiger partial charge in [-0.1, -0.05) is 19.3 Å². The van der Waals surface area contributed by atoms with Gasteiger partial charge >= 0.3 is 6.18 Å². The summed E-state index contributed by atoms with van der Waals surface area (Å²) in [5.41, 5.74) is 0. The molecule has 16 heavy (non-hydrogen) atoms. The molecule has 1 atom stereocenters. The Morgan fingerprint density at radius 3 is 2.38 bits per heavy atom. The average Bonchev–Trinajstić information content (AvgIpc) is 2.24. The maximum Gasteiger partial charge on any atom is 0.389 e. The fraction of sp³-hybridized carbons (Fsp3) is 1.00. The van der Waals surface area contributed by atoms with Crippen LogP contribution in [0.4, 0.5) is 13.2 Å². The van der Waals surface area contributed by atoms with Gasteiger partial charge in [-0.15, -0.1) is 0 Å². The Labute approximate surface area is 98.8 Å². The van der Waals surface area contributed by atoms with Crippen molar-refractivity contribution in [3.05, 3.63) is 0 Å². The van der Waals surface area contributed by atoms with Crippen LogP contribution in [0.15, 0.2) is 0 Å². The second-order valence-electron chi connectivity index (χ2n) is 4.40. The summed E-state index contributed by atoms with van der Waals surface area (Å²) in [6.07, 6.45) is 0.0146. The molecule has 0 heterocycles. The summed E-state index contributed by atoms with van der Waals surface area (Å²) in [4.78, 5) is 0. The number of thioether (sulfide) groups is 1. The van der Waals surface area contributed by atoms with Gasteiger partial charge in [0.25, 0.3) is 0 Å². The molecule has 96 valence electrons. The van der Waals surface area contributed by atoms with Crippen molar-refractivity contribution in [1.29, 1.82) is 0 Å². The highest BCUT2D eigenvalue weighted by Crippen LogP contribution is 2.29. The predicted molar refractivity (Wildman–Crippen MR) is 60.6 cm³/mol. The maximum absolute atomic E-state index is 11.9. The molecule has 1 fully saturated rings. The van der Waals surface area contributed by atoms with Crippen molar-refractivity contribution >= 4 is 11.8 Å². The Balaban J connectivity index is 2.07. The first-order valence-electron chi connectivity index (χ1n) is 5.84. The van der Waals surface area contributed by atoms with Gasteiger partial charge in [0.15, 0.2) is 0 Å². The van der Waals surface area contributed by atoms with E-state index in [9.17, 15) is 18.3 Å². The van der Waals surface area contributed by atoms with Crippen LogP contribution in [0.5, 0.6) is 0 Å². The van der Waals surface area contributed by atoms with Gasteiger partial charge < -0.3 is 5.11 Å². The minimum Gasteiger partial charge on any atom is -0.392 e. The number of aliphatic hydroxyl groups excluding tert-OH is 1. The van der Waals surface area contributed by atoms with Gasteiger partial charge in [0.2, 0.25) is 0 Å². The number of aliphatic hydroxyl groups is 1. The molecule has 0 aromatic carbocycles. The van der Waals surface area contributed by atoms with E-state index in [0.29, 0.717) is 11.0 Å². The minimum absolute atomic E-state index is 0.163. The predicted octanol–water partition coefficient (Wildman–Crippen LogP) is 3.76. The fourth-order valence-corrected chi connectivity index (χ4v) is 3.22. The zero-order valence-electron chi connectivity index (χ0n) is 9.30. The van der Waals surface area contributed by atoms with Crippen molar-refractivity contribution in [3.63, 3.8) is 0 Å². The second-order valence-corrected chi connectivity index (χ2v) is 5.73. The van der Waals surface area contributed by atoms with E-state index in [4.69, 9.17) is 0 Å². The van der Waals surface area contributed by atoms with Gasteiger partial charge in [0.1, 0.15) is 0 Å². The Bertz CT molecular complexity index is 190. The molecule has 1 rings (SSSR count). The van der Waals surface area contributed by atoms with Crippen molar-refractivity contribution < 1.29 is 18.3 Å². The molecule has 1 aliphatic carbocycles. The number of halogens is 3. The van der Waals surface area contributed by atoms with E-state index in [0.717, 1.165) is 12.8 Å². The van der Waals surface area contributed by atoms with Crippen LogP contribution in [0.25, 0.3) is 0 Å². The lowest BCUT2D eigenvalue weighted by molar-refractivity contribution is -0.139. The Morgan fingerprint density at radius 1 is 1.19 bits per heavy atom. The van der Waals surface area contributed by atoms with Crippen molar-refractivity contribution in [2.24, 2.45) is 0 Å². The molecule has 0 radical (unpaired) electrons. The van der Waals surface area contributed by atoms with Crippen LogP contribution in [0.1, 0.15) is 44.9 Å². The molecule has 0 aromatic rings. The van der Waals surface area contributed by atoms with Crippen molar-refractivity contribution in [2.75, 3.05) is 5.75 Å². The van der Waals surface area contributed by atoms with E-state index in [1.165, 1.54) is 19.3 Å². The second kappa shape index (κ2) is 6.74. The molecule has 1 N–H and O–H groups in total. The largest absolute Gasteiger partial charge is 0.392 e. The highest BCUT2D eigenvalue weighted by atomic mass is 32.2.